The van der Waals surface area contributed by atoms with Gasteiger partial charge in [0.25, 0.3) is 5.91 Å². The van der Waals surface area contributed by atoms with Crippen molar-refractivity contribution in [3.8, 4) is 5.75 Å². The van der Waals surface area contributed by atoms with Gasteiger partial charge in [-0.1, -0.05) is 12.1 Å². The molecule has 1 saturated heterocycles. The van der Waals surface area contributed by atoms with Crippen molar-refractivity contribution in [2.75, 3.05) is 23.4 Å². The monoisotopic (exact) mass is 363 g/mol. The Labute approximate surface area is 146 Å². The van der Waals surface area contributed by atoms with Crippen molar-refractivity contribution < 1.29 is 17.9 Å². The van der Waals surface area contributed by atoms with Gasteiger partial charge in [0.15, 0.2) is 16.4 Å². The molecule has 1 aliphatic heterocycles. The fourth-order valence-electron chi connectivity index (χ4n) is 2.89. The molecule has 1 aromatic carbocycles. The molecule has 8 heteroatoms. The van der Waals surface area contributed by atoms with Gasteiger partial charge >= 0.3 is 0 Å². The van der Waals surface area contributed by atoms with E-state index in [9.17, 15) is 13.2 Å². The Bertz CT molecular complexity index is 889. The Morgan fingerprint density at radius 2 is 2.16 bits per heavy atom. The molecule has 0 aliphatic carbocycles. The first-order valence-electron chi connectivity index (χ1n) is 8.08. The quantitative estimate of drug-likeness (QED) is 0.876. The molecule has 1 amide bonds. The second-order valence-corrected chi connectivity index (χ2v) is 8.55. The van der Waals surface area contributed by atoms with E-state index in [1.54, 1.807) is 23.7 Å². The van der Waals surface area contributed by atoms with E-state index in [-0.39, 0.29) is 30.1 Å². The lowest BCUT2D eigenvalue weighted by Gasteiger charge is -2.14. The smallest absolute Gasteiger partial charge is 0.263 e. The third kappa shape index (κ3) is 4.39. The summed E-state index contributed by atoms with van der Waals surface area (Å²) in [5.74, 6) is 1.01. The Morgan fingerprint density at radius 1 is 1.36 bits per heavy atom. The minimum absolute atomic E-state index is 0.0524. The zero-order valence-electron chi connectivity index (χ0n) is 14.2. The van der Waals surface area contributed by atoms with Crippen LogP contribution in [0.15, 0.2) is 30.3 Å². The molecule has 2 heterocycles. The first kappa shape index (κ1) is 17.5. The first-order valence-corrected chi connectivity index (χ1v) is 9.90. The molecule has 1 aliphatic rings. The van der Waals surface area contributed by atoms with Crippen molar-refractivity contribution in [3.63, 3.8) is 0 Å². The third-order valence-electron chi connectivity index (χ3n) is 4.04. The topological polar surface area (TPSA) is 90.3 Å². The molecule has 0 saturated carbocycles. The number of hydrogen-bond acceptors (Lipinski definition) is 5. The van der Waals surface area contributed by atoms with E-state index >= 15 is 0 Å². The number of rotatable bonds is 5. The van der Waals surface area contributed by atoms with Gasteiger partial charge in [-0.25, -0.2) is 13.1 Å². The van der Waals surface area contributed by atoms with Gasteiger partial charge in [0.1, 0.15) is 11.6 Å². The average molecular weight is 363 g/mol. The molecular formula is C17H21N3O4S. The summed E-state index contributed by atoms with van der Waals surface area (Å²) < 4.78 is 30.5. The van der Waals surface area contributed by atoms with Crippen molar-refractivity contribution in [2.24, 2.45) is 0 Å². The predicted octanol–water partition coefficient (Wildman–Crippen LogP) is 1.88. The first-order chi connectivity index (χ1) is 11.8. The van der Waals surface area contributed by atoms with Crippen molar-refractivity contribution >= 4 is 21.6 Å². The number of aromatic nitrogens is 2. The van der Waals surface area contributed by atoms with Crippen LogP contribution in [0.25, 0.3) is 0 Å². The highest BCUT2D eigenvalue weighted by Gasteiger charge is 2.31. The maximum Gasteiger partial charge on any atom is 0.263 e. The molecular weight excluding hydrogens is 342 g/mol. The second-order valence-electron chi connectivity index (χ2n) is 6.33. The normalized spacial score (nSPS) is 18.9. The Morgan fingerprint density at radius 3 is 2.84 bits per heavy atom. The van der Waals surface area contributed by atoms with Gasteiger partial charge < -0.3 is 10.1 Å². The van der Waals surface area contributed by atoms with Crippen LogP contribution in [0.1, 0.15) is 23.7 Å². The molecule has 0 spiro atoms. The number of ether oxygens (including phenoxy) is 1. The summed E-state index contributed by atoms with van der Waals surface area (Å²) in [7, 11) is -3.03. The predicted molar refractivity (Wildman–Crippen MR) is 94.6 cm³/mol. The summed E-state index contributed by atoms with van der Waals surface area (Å²) in [5.41, 5.74) is 1.77. The molecule has 0 unspecified atom stereocenters. The Kier molecular flexibility index (Phi) is 4.80. The zero-order valence-corrected chi connectivity index (χ0v) is 15.0. The zero-order chi connectivity index (χ0) is 18.0. The average Bonchev–Trinajstić information content (AvgIpc) is 3.07. The number of sulfone groups is 1. The van der Waals surface area contributed by atoms with Crippen LogP contribution in [0.2, 0.25) is 0 Å². The number of carbonyl (C=O) groups is 1. The van der Waals surface area contributed by atoms with Gasteiger partial charge in [-0.05, 0) is 38.0 Å². The van der Waals surface area contributed by atoms with E-state index in [2.05, 4.69) is 10.4 Å². The van der Waals surface area contributed by atoms with Gasteiger partial charge in [0.05, 0.1) is 23.2 Å². The lowest BCUT2D eigenvalue weighted by Crippen LogP contribution is -2.23. The molecule has 25 heavy (non-hydrogen) atoms. The summed E-state index contributed by atoms with van der Waals surface area (Å²) in [6.07, 6.45) is 0.506. The van der Waals surface area contributed by atoms with Crippen molar-refractivity contribution in [1.29, 1.82) is 0 Å². The molecule has 0 radical (unpaired) electrons. The number of hydrogen-bond donors (Lipinski definition) is 1. The Hall–Kier alpha value is -2.35. The van der Waals surface area contributed by atoms with Gasteiger partial charge in [-0.3, -0.25) is 4.79 Å². The third-order valence-corrected chi connectivity index (χ3v) is 5.79. The molecule has 0 bridgehead atoms. The van der Waals surface area contributed by atoms with Crippen molar-refractivity contribution in [1.82, 2.24) is 9.78 Å². The summed E-state index contributed by atoms with van der Waals surface area (Å²) in [6.45, 7) is 3.62. The SMILES string of the molecule is Cc1cccc(OCC(=O)Nc2cc(C)nn2[C@@H]2CCS(=O)(=O)C2)c1. The molecule has 1 atom stereocenters. The number of carbonyl (C=O) groups excluding carboxylic acids is 1. The number of aryl methyl sites for hydroxylation is 2. The lowest BCUT2D eigenvalue weighted by molar-refractivity contribution is -0.118. The van der Waals surface area contributed by atoms with Crippen LogP contribution in [0, 0.1) is 13.8 Å². The lowest BCUT2D eigenvalue weighted by atomic mass is 10.2. The number of nitrogens with zero attached hydrogens (tertiary/aromatic N) is 2. The molecule has 1 N–H and O–H groups in total. The van der Waals surface area contributed by atoms with Crippen LogP contribution in [0.3, 0.4) is 0 Å². The van der Waals surface area contributed by atoms with Crippen molar-refractivity contribution in [3.05, 3.63) is 41.6 Å². The van der Waals surface area contributed by atoms with E-state index < -0.39 is 9.84 Å². The number of amides is 1. The van der Waals surface area contributed by atoms with E-state index in [1.165, 1.54) is 0 Å². The van der Waals surface area contributed by atoms with Crippen molar-refractivity contribution in [2.45, 2.75) is 26.3 Å². The van der Waals surface area contributed by atoms with Gasteiger partial charge in [0.2, 0.25) is 0 Å². The van der Waals surface area contributed by atoms with Gasteiger partial charge in [-0.2, -0.15) is 5.10 Å². The van der Waals surface area contributed by atoms with E-state index in [0.29, 0.717) is 18.0 Å². The largest absolute Gasteiger partial charge is 0.484 e. The van der Waals surface area contributed by atoms with E-state index in [0.717, 1.165) is 11.3 Å². The maximum atomic E-state index is 12.2. The van der Waals surface area contributed by atoms with Crippen LogP contribution in [0.5, 0.6) is 5.75 Å². The summed E-state index contributed by atoms with van der Waals surface area (Å²) in [5, 5.41) is 7.10. The fraction of sp³-hybridized carbons (Fsp3) is 0.412. The Balaban J connectivity index is 1.65. The minimum atomic E-state index is -3.03. The molecule has 7 nitrogen and oxygen atoms in total. The summed E-state index contributed by atoms with van der Waals surface area (Å²) in [4.78, 5) is 12.2. The van der Waals surface area contributed by atoms with Crippen LogP contribution >= 0.6 is 0 Å². The second kappa shape index (κ2) is 6.87. The highest BCUT2D eigenvalue weighted by molar-refractivity contribution is 7.91. The molecule has 1 fully saturated rings. The van der Waals surface area contributed by atoms with Gasteiger partial charge in [0, 0.05) is 6.07 Å². The van der Waals surface area contributed by atoms with Crippen LogP contribution < -0.4 is 10.1 Å². The molecule has 1 aromatic heterocycles. The van der Waals surface area contributed by atoms with Crippen LogP contribution in [0.4, 0.5) is 5.82 Å². The fourth-order valence-corrected chi connectivity index (χ4v) is 4.58. The number of benzene rings is 1. The van der Waals surface area contributed by atoms with E-state index in [1.807, 2.05) is 25.1 Å². The van der Waals surface area contributed by atoms with Crippen LogP contribution in [-0.4, -0.2) is 42.2 Å². The maximum absolute atomic E-state index is 12.2. The highest BCUT2D eigenvalue weighted by Crippen LogP contribution is 2.27. The van der Waals surface area contributed by atoms with E-state index in [4.69, 9.17) is 4.74 Å². The standard InChI is InChI=1S/C17H21N3O4S/c1-12-4-3-5-15(8-12)24-10-17(21)18-16-9-13(2)19-20(16)14-6-7-25(22,23)11-14/h3-5,8-9,14H,6-7,10-11H2,1-2H3,(H,18,21)/t14-/m1/s1. The minimum Gasteiger partial charge on any atom is -0.484 e. The summed E-state index contributed by atoms with van der Waals surface area (Å²) in [6, 6.07) is 8.94. The molecule has 3 rings (SSSR count). The molecule has 2 aromatic rings. The van der Waals surface area contributed by atoms with Gasteiger partial charge in [-0.15, -0.1) is 0 Å². The number of anilines is 1. The van der Waals surface area contributed by atoms with Crippen LogP contribution in [-0.2, 0) is 14.6 Å². The number of nitrogens with one attached hydrogen (secondary N) is 1. The summed E-state index contributed by atoms with van der Waals surface area (Å²) >= 11 is 0. The molecule has 134 valence electrons. The highest BCUT2D eigenvalue weighted by atomic mass is 32.2.